The average Bonchev–Trinajstić information content (AvgIpc) is 3.41. The number of rotatable bonds is 9. The minimum atomic E-state index is -0.344. The van der Waals surface area contributed by atoms with E-state index in [9.17, 15) is 14.4 Å². The number of hydrogen-bond donors (Lipinski definition) is 3. The van der Waals surface area contributed by atoms with Crippen molar-refractivity contribution in [3.05, 3.63) is 96.4 Å². The van der Waals surface area contributed by atoms with Crippen LogP contribution in [-0.4, -0.2) is 37.4 Å². The number of nitrogens with one attached hydrogen (secondary N) is 3. The van der Waals surface area contributed by atoms with Crippen LogP contribution in [0.25, 0.3) is 10.8 Å². The van der Waals surface area contributed by atoms with Crippen molar-refractivity contribution in [2.75, 3.05) is 25.0 Å². The Labute approximate surface area is 195 Å². The predicted octanol–water partition coefficient (Wildman–Crippen LogP) is 3.61. The van der Waals surface area contributed by atoms with Gasteiger partial charge in [-0.2, -0.15) is 0 Å². The van der Waals surface area contributed by atoms with E-state index in [-0.39, 0.29) is 43.2 Å². The van der Waals surface area contributed by atoms with Gasteiger partial charge in [0.2, 0.25) is 0 Å². The predicted molar refractivity (Wildman–Crippen MR) is 128 cm³/mol. The molecule has 172 valence electrons. The SMILES string of the molecule is O=C(COc1ccc2ccccc2c1)Nc1ccc(C(=O)NCCNC(=O)c2ccco2)cc1. The molecule has 8 heteroatoms. The number of anilines is 1. The number of benzene rings is 3. The van der Waals surface area contributed by atoms with E-state index in [0.29, 0.717) is 17.0 Å². The standard InChI is InChI=1S/C26H23N3O5/c30-24(17-34-22-12-9-18-4-1-2-5-20(18)16-22)29-21-10-7-19(8-11-21)25(31)27-13-14-28-26(32)23-6-3-15-33-23/h1-12,15-16H,13-14,17H2,(H,27,31)(H,28,32)(H,29,30). The van der Waals surface area contributed by atoms with Crippen LogP contribution in [0.1, 0.15) is 20.9 Å². The molecule has 8 nitrogen and oxygen atoms in total. The van der Waals surface area contributed by atoms with Crippen LogP contribution < -0.4 is 20.7 Å². The van der Waals surface area contributed by atoms with E-state index >= 15 is 0 Å². The largest absolute Gasteiger partial charge is 0.484 e. The smallest absolute Gasteiger partial charge is 0.287 e. The van der Waals surface area contributed by atoms with Crippen molar-refractivity contribution in [1.29, 1.82) is 0 Å². The van der Waals surface area contributed by atoms with Gasteiger partial charge in [0.25, 0.3) is 17.7 Å². The summed E-state index contributed by atoms with van der Waals surface area (Å²) in [7, 11) is 0. The molecule has 0 spiro atoms. The van der Waals surface area contributed by atoms with Crippen LogP contribution in [0.5, 0.6) is 5.75 Å². The van der Waals surface area contributed by atoms with Crippen LogP contribution >= 0.6 is 0 Å². The topological polar surface area (TPSA) is 110 Å². The molecule has 0 bridgehead atoms. The summed E-state index contributed by atoms with van der Waals surface area (Å²) in [6, 6.07) is 23.2. The highest BCUT2D eigenvalue weighted by Crippen LogP contribution is 2.20. The van der Waals surface area contributed by atoms with E-state index in [4.69, 9.17) is 9.15 Å². The Morgan fingerprint density at radius 1 is 0.765 bits per heavy atom. The lowest BCUT2D eigenvalue weighted by Gasteiger charge is -2.09. The fraction of sp³-hybridized carbons (Fsp3) is 0.115. The van der Waals surface area contributed by atoms with Crippen molar-refractivity contribution in [2.24, 2.45) is 0 Å². The van der Waals surface area contributed by atoms with Crippen molar-refractivity contribution in [1.82, 2.24) is 10.6 Å². The third kappa shape index (κ3) is 6.01. The number of fused-ring (bicyclic) bond motifs is 1. The lowest BCUT2D eigenvalue weighted by Crippen LogP contribution is -2.34. The number of carbonyl (C=O) groups excluding carboxylic acids is 3. The van der Waals surface area contributed by atoms with Crippen molar-refractivity contribution in [3.63, 3.8) is 0 Å². The van der Waals surface area contributed by atoms with Crippen molar-refractivity contribution in [3.8, 4) is 5.75 Å². The van der Waals surface area contributed by atoms with Crippen LogP contribution in [0.3, 0.4) is 0 Å². The zero-order chi connectivity index (χ0) is 23.8. The van der Waals surface area contributed by atoms with Gasteiger partial charge in [-0.15, -0.1) is 0 Å². The Morgan fingerprint density at radius 3 is 2.24 bits per heavy atom. The summed E-state index contributed by atoms with van der Waals surface area (Å²) in [5.74, 6) is -0.112. The van der Waals surface area contributed by atoms with Crippen LogP contribution in [0.15, 0.2) is 89.5 Å². The van der Waals surface area contributed by atoms with Gasteiger partial charge in [0.15, 0.2) is 12.4 Å². The molecule has 34 heavy (non-hydrogen) atoms. The Morgan fingerprint density at radius 2 is 1.50 bits per heavy atom. The van der Waals surface area contributed by atoms with Crippen molar-refractivity contribution in [2.45, 2.75) is 0 Å². The zero-order valence-corrected chi connectivity index (χ0v) is 18.2. The van der Waals surface area contributed by atoms with Crippen molar-refractivity contribution >= 4 is 34.2 Å². The van der Waals surface area contributed by atoms with Gasteiger partial charge in [0.05, 0.1) is 6.26 Å². The Balaban J connectivity index is 1.19. The molecule has 1 heterocycles. The first-order chi connectivity index (χ1) is 16.6. The minimum absolute atomic E-state index is 0.135. The third-order valence-corrected chi connectivity index (χ3v) is 4.96. The maximum absolute atomic E-state index is 12.3. The molecule has 0 aliphatic rings. The molecule has 0 aliphatic carbocycles. The first-order valence-corrected chi connectivity index (χ1v) is 10.7. The summed E-state index contributed by atoms with van der Waals surface area (Å²) in [4.78, 5) is 36.2. The fourth-order valence-electron chi connectivity index (χ4n) is 3.26. The molecular weight excluding hydrogens is 434 g/mol. The van der Waals surface area contributed by atoms with Gasteiger partial charge in [0, 0.05) is 24.3 Å². The molecule has 1 aromatic heterocycles. The van der Waals surface area contributed by atoms with E-state index in [2.05, 4.69) is 16.0 Å². The third-order valence-electron chi connectivity index (χ3n) is 4.96. The first kappa shape index (κ1) is 22.6. The number of furan rings is 1. The van der Waals surface area contributed by atoms with Crippen LogP contribution in [0.4, 0.5) is 5.69 Å². The number of ether oxygens (including phenoxy) is 1. The highest BCUT2D eigenvalue weighted by atomic mass is 16.5. The van der Waals surface area contributed by atoms with Gasteiger partial charge in [-0.05, 0) is 59.3 Å². The first-order valence-electron chi connectivity index (χ1n) is 10.7. The molecule has 0 aliphatic heterocycles. The van der Waals surface area contributed by atoms with Gasteiger partial charge in [0.1, 0.15) is 5.75 Å². The lowest BCUT2D eigenvalue weighted by molar-refractivity contribution is -0.118. The summed E-state index contributed by atoms with van der Waals surface area (Å²) in [5.41, 5.74) is 0.983. The van der Waals surface area contributed by atoms with E-state index in [0.717, 1.165) is 10.8 Å². The molecule has 0 fully saturated rings. The Kier molecular flexibility index (Phi) is 7.19. The van der Waals surface area contributed by atoms with E-state index < -0.39 is 0 Å². The zero-order valence-electron chi connectivity index (χ0n) is 18.2. The second kappa shape index (κ2) is 10.8. The molecule has 3 aromatic carbocycles. The quantitative estimate of drug-likeness (QED) is 0.333. The Hall–Kier alpha value is -4.59. The van der Waals surface area contributed by atoms with Gasteiger partial charge < -0.3 is 25.1 Å². The fourth-order valence-corrected chi connectivity index (χ4v) is 3.26. The molecule has 0 atom stereocenters. The molecule has 0 saturated heterocycles. The van der Waals surface area contributed by atoms with E-state index in [1.807, 2.05) is 42.5 Å². The van der Waals surface area contributed by atoms with Gasteiger partial charge >= 0.3 is 0 Å². The van der Waals surface area contributed by atoms with Crippen LogP contribution in [-0.2, 0) is 4.79 Å². The molecular formula is C26H23N3O5. The van der Waals surface area contributed by atoms with E-state index in [1.165, 1.54) is 6.26 Å². The summed E-state index contributed by atoms with van der Waals surface area (Å²) in [6.45, 7) is 0.386. The monoisotopic (exact) mass is 457 g/mol. The molecule has 3 N–H and O–H groups in total. The Bertz CT molecular complexity index is 1280. The maximum atomic E-state index is 12.3. The number of amides is 3. The summed E-state index contributed by atoms with van der Waals surface area (Å²) >= 11 is 0. The van der Waals surface area contributed by atoms with Gasteiger partial charge in [-0.1, -0.05) is 30.3 Å². The highest BCUT2D eigenvalue weighted by molar-refractivity contribution is 5.96. The second-order valence-corrected chi connectivity index (χ2v) is 7.41. The number of carbonyl (C=O) groups is 3. The summed E-state index contributed by atoms with van der Waals surface area (Å²) in [5, 5.41) is 10.2. The van der Waals surface area contributed by atoms with E-state index in [1.54, 1.807) is 36.4 Å². The number of hydrogen-bond acceptors (Lipinski definition) is 5. The highest BCUT2D eigenvalue weighted by Gasteiger charge is 2.09. The van der Waals surface area contributed by atoms with Gasteiger partial charge in [-0.3, -0.25) is 14.4 Å². The second-order valence-electron chi connectivity index (χ2n) is 7.41. The maximum Gasteiger partial charge on any atom is 0.287 e. The van der Waals surface area contributed by atoms with Crippen molar-refractivity contribution < 1.29 is 23.5 Å². The average molecular weight is 457 g/mol. The lowest BCUT2D eigenvalue weighted by atomic mass is 10.1. The van der Waals surface area contributed by atoms with Crippen LogP contribution in [0, 0.1) is 0 Å². The van der Waals surface area contributed by atoms with Crippen LogP contribution in [0.2, 0.25) is 0 Å². The molecule has 4 rings (SSSR count). The van der Waals surface area contributed by atoms with Gasteiger partial charge in [-0.25, -0.2) is 0 Å². The molecule has 4 aromatic rings. The molecule has 0 saturated carbocycles. The molecule has 0 radical (unpaired) electrons. The minimum Gasteiger partial charge on any atom is -0.484 e. The summed E-state index contributed by atoms with van der Waals surface area (Å²) in [6.07, 6.45) is 1.42. The normalized spacial score (nSPS) is 10.5. The summed E-state index contributed by atoms with van der Waals surface area (Å²) < 4.78 is 10.6. The molecule has 0 unspecified atom stereocenters. The molecule has 3 amide bonds.